The molecular formula is C25H24ClN3O2. The van der Waals surface area contributed by atoms with Crippen molar-refractivity contribution >= 4 is 34.9 Å². The smallest absolute Gasteiger partial charge is 0.321 e. The van der Waals surface area contributed by atoms with E-state index in [1.807, 2.05) is 66.4 Å². The molecule has 0 bridgehead atoms. The molecule has 0 atom stereocenters. The van der Waals surface area contributed by atoms with E-state index in [0.717, 1.165) is 17.5 Å². The zero-order valence-electron chi connectivity index (χ0n) is 17.3. The molecule has 1 aliphatic heterocycles. The number of nitrogens with zero attached hydrogens (tertiary/aromatic N) is 2. The zero-order valence-corrected chi connectivity index (χ0v) is 18.1. The monoisotopic (exact) mass is 433 g/mol. The van der Waals surface area contributed by atoms with E-state index in [1.54, 1.807) is 23.1 Å². The third kappa shape index (κ3) is 4.72. The van der Waals surface area contributed by atoms with Gasteiger partial charge in [0, 0.05) is 30.9 Å². The highest BCUT2D eigenvalue weighted by molar-refractivity contribution is 6.34. The highest BCUT2D eigenvalue weighted by Crippen LogP contribution is 2.30. The Bertz CT molecular complexity index is 1100. The van der Waals surface area contributed by atoms with Crippen molar-refractivity contribution in [3.63, 3.8) is 0 Å². The van der Waals surface area contributed by atoms with Crippen LogP contribution in [0.5, 0.6) is 0 Å². The van der Waals surface area contributed by atoms with Gasteiger partial charge < -0.3 is 10.2 Å². The fourth-order valence-corrected chi connectivity index (χ4v) is 3.93. The van der Waals surface area contributed by atoms with E-state index in [1.165, 1.54) is 0 Å². The largest absolute Gasteiger partial charge is 0.324 e. The van der Waals surface area contributed by atoms with Crippen LogP contribution in [0.2, 0.25) is 5.02 Å². The van der Waals surface area contributed by atoms with Gasteiger partial charge in [-0.2, -0.15) is 0 Å². The maximum atomic E-state index is 13.1. The summed E-state index contributed by atoms with van der Waals surface area (Å²) in [6, 6.07) is 22.6. The number of benzene rings is 3. The van der Waals surface area contributed by atoms with Crippen LogP contribution in [0.3, 0.4) is 0 Å². The SMILES string of the molecule is Cc1ccccc1C(=O)Nc1cc(N2CCCN(Cc3ccccc3)C2=O)ccc1Cl. The number of carbonyl (C=O) groups is 2. The Balaban J connectivity index is 1.53. The standard InChI is InChI=1S/C25H24ClN3O2/c1-18-8-5-6-11-21(18)24(30)27-23-16-20(12-13-22(23)26)29-15-7-14-28(25(29)31)17-19-9-3-2-4-10-19/h2-6,8-13,16H,7,14-15,17H2,1H3,(H,27,30). The van der Waals surface area contributed by atoms with E-state index < -0.39 is 0 Å². The van der Waals surface area contributed by atoms with Gasteiger partial charge in [0.25, 0.3) is 5.91 Å². The average molecular weight is 434 g/mol. The number of hydrogen-bond donors (Lipinski definition) is 1. The molecule has 0 radical (unpaired) electrons. The summed E-state index contributed by atoms with van der Waals surface area (Å²) in [6.07, 6.45) is 0.867. The van der Waals surface area contributed by atoms with Crippen molar-refractivity contribution in [1.82, 2.24) is 4.90 Å². The number of nitrogens with one attached hydrogen (secondary N) is 1. The number of halogens is 1. The van der Waals surface area contributed by atoms with Crippen molar-refractivity contribution in [2.45, 2.75) is 19.9 Å². The Morgan fingerprint density at radius 3 is 2.52 bits per heavy atom. The molecule has 1 fully saturated rings. The minimum absolute atomic E-state index is 0.0476. The number of hydrogen-bond acceptors (Lipinski definition) is 2. The summed E-state index contributed by atoms with van der Waals surface area (Å²) in [5, 5.41) is 3.32. The molecule has 31 heavy (non-hydrogen) atoms. The number of amides is 3. The van der Waals surface area contributed by atoms with Crippen LogP contribution in [0.1, 0.15) is 27.9 Å². The minimum Gasteiger partial charge on any atom is -0.321 e. The van der Waals surface area contributed by atoms with Gasteiger partial charge in [0.1, 0.15) is 0 Å². The summed E-state index contributed by atoms with van der Waals surface area (Å²) in [7, 11) is 0. The summed E-state index contributed by atoms with van der Waals surface area (Å²) in [5.74, 6) is -0.229. The van der Waals surface area contributed by atoms with E-state index in [0.29, 0.717) is 41.6 Å². The summed E-state index contributed by atoms with van der Waals surface area (Å²) in [6.45, 7) is 3.80. The second-order valence-electron chi connectivity index (χ2n) is 7.63. The molecule has 1 N–H and O–H groups in total. The number of urea groups is 1. The molecule has 6 heteroatoms. The molecule has 0 aliphatic carbocycles. The van der Waals surface area contributed by atoms with Gasteiger partial charge in [-0.15, -0.1) is 0 Å². The van der Waals surface area contributed by atoms with Crippen LogP contribution in [0, 0.1) is 6.92 Å². The molecule has 3 aromatic carbocycles. The second-order valence-corrected chi connectivity index (χ2v) is 8.04. The van der Waals surface area contributed by atoms with Gasteiger partial charge in [0.2, 0.25) is 0 Å². The first-order valence-electron chi connectivity index (χ1n) is 10.3. The Morgan fingerprint density at radius 2 is 1.74 bits per heavy atom. The summed E-state index contributed by atoms with van der Waals surface area (Å²) >= 11 is 6.35. The lowest BCUT2D eigenvalue weighted by Gasteiger charge is -2.36. The lowest BCUT2D eigenvalue weighted by atomic mass is 10.1. The Kier molecular flexibility index (Phi) is 6.23. The van der Waals surface area contributed by atoms with Gasteiger partial charge in [-0.05, 0) is 48.7 Å². The van der Waals surface area contributed by atoms with E-state index in [2.05, 4.69) is 5.32 Å². The van der Waals surface area contributed by atoms with Crippen LogP contribution in [0.4, 0.5) is 16.2 Å². The number of anilines is 2. The van der Waals surface area contributed by atoms with Crippen molar-refractivity contribution in [3.05, 3.63) is 94.5 Å². The first kappa shape index (κ1) is 20.9. The minimum atomic E-state index is -0.229. The molecule has 3 amide bonds. The van der Waals surface area contributed by atoms with Crippen LogP contribution < -0.4 is 10.2 Å². The highest BCUT2D eigenvalue weighted by atomic mass is 35.5. The van der Waals surface area contributed by atoms with E-state index in [4.69, 9.17) is 11.6 Å². The normalized spacial score (nSPS) is 13.9. The fraction of sp³-hybridized carbons (Fsp3) is 0.200. The number of carbonyl (C=O) groups excluding carboxylic acids is 2. The van der Waals surface area contributed by atoms with E-state index in [-0.39, 0.29) is 11.9 Å². The molecule has 4 rings (SSSR count). The molecule has 5 nitrogen and oxygen atoms in total. The van der Waals surface area contributed by atoms with E-state index >= 15 is 0 Å². The zero-order chi connectivity index (χ0) is 21.8. The topological polar surface area (TPSA) is 52.7 Å². The lowest BCUT2D eigenvalue weighted by Crippen LogP contribution is -2.49. The summed E-state index contributed by atoms with van der Waals surface area (Å²) in [4.78, 5) is 29.5. The van der Waals surface area contributed by atoms with Gasteiger partial charge in [0.05, 0.1) is 10.7 Å². The molecule has 0 spiro atoms. The van der Waals surface area contributed by atoms with Crippen LogP contribution in [0.15, 0.2) is 72.8 Å². The molecule has 158 valence electrons. The van der Waals surface area contributed by atoms with Crippen molar-refractivity contribution < 1.29 is 9.59 Å². The summed E-state index contributed by atoms with van der Waals surface area (Å²) in [5.41, 5.74) is 3.77. The van der Waals surface area contributed by atoms with E-state index in [9.17, 15) is 9.59 Å². The van der Waals surface area contributed by atoms with Crippen LogP contribution in [-0.2, 0) is 6.54 Å². The molecule has 1 saturated heterocycles. The van der Waals surface area contributed by atoms with Crippen molar-refractivity contribution in [3.8, 4) is 0 Å². The van der Waals surface area contributed by atoms with Crippen LogP contribution in [-0.4, -0.2) is 29.9 Å². The molecule has 0 aromatic heterocycles. The van der Waals surface area contributed by atoms with Gasteiger partial charge in [-0.25, -0.2) is 4.79 Å². The Hall–Kier alpha value is -3.31. The second kappa shape index (κ2) is 9.23. The predicted octanol–water partition coefficient (Wildman–Crippen LogP) is 5.73. The maximum absolute atomic E-state index is 13.1. The fourth-order valence-electron chi connectivity index (χ4n) is 3.77. The van der Waals surface area contributed by atoms with Crippen molar-refractivity contribution in [1.29, 1.82) is 0 Å². The van der Waals surface area contributed by atoms with Crippen molar-refractivity contribution in [2.24, 2.45) is 0 Å². The van der Waals surface area contributed by atoms with Gasteiger partial charge >= 0.3 is 6.03 Å². The number of aryl methyl sites for hydroxylation is 1. The van der Waals surface area contributed by atoms with Gasteiger partial charge in [-0.3, -0.25) is 9.69 Å². The molecule has 0 saturated carbocycles. The Morgan fingerprint density at radius 1 is 1.00 bits per heavy atom. The van der Waals surface area contributed by atoms with Crippen LogP contribution in [0.25, 0.3) is 0 Å². The molecule has 3 aromatic rings. The first-order chi connectivity index (χ1) is 15.0. The Labute approximate surface area is 187 Å². The van der Waals surface area contributed by atoms with Crippen molar-refractivity contribution in [2.75, 3.05) is 23.3 Å². The summed E-state index contributed by atoms with van der Waals surface area (Å²) < 4.78 is 0. The maximum Gasteiger partial charge on any atom is 0.324 e. The third-order valence-corrected chi connectivity index (χ3v) is 5.76. The average Bonchev–Trinajstić information content (AvgIpc) is 2.78. The predicted molar refractivity (Wildman–Crippen MR) is 125 cm³/mol. The molecule has 1 heterocycles. The quantitative estimate of drug-likeness (QED) is 0.558. The highest BCUT2D eigenvalue weighted by Gasteiger charge is 2.27. The lowest BCUT2D eigenvalue weighted by molar-refractivity contribution is 0.102. The first-order valence-corrected chi connectivity index (χ1v) is 10.7. The third-order valence-electron chi connectivity index (χ3n) is 5.43. The van der Waals surface area contributed by atoms with Gasteiger partial charge in [-0.1, -0.05) is 60.1 Å². The van der Waals surface area contributed by atoms with Crippen LogP contribution >= 0.6 is 11.6 Å². The molecule has 1 aliphatic rings. The molecular weight excluding hydrogens is 410 g/mol. The molecule has 0 unspecified atom stereocenters. The number of rotatable bonds is 5. The van der Waals surface area contributed by atoms with Gasteiger partial charge in [0.15, 0.2) is 0 Å².